The Morgan fingerprint density at radius 2 is 1.56 bits per heavy atom. The summed E-state index contributed by atoms with van der Waals surface area (Å²) in [6.07, 6.45) is 1.27. The predicted molar refractivity (Wildman–Crippen MR) is 107 cm³/mol. The van der Waals surface area contributed by atoms with Crippen molar-refractivity contribution in [1.82, 2.24) is 13.3 Å². The second kappa shape index (κ2) is 8.16. The molecule has 0 bridgehead atoms. The van der Waals surface area contributed by atoms with Gasteiger partial charge in [-0.15, -0.1) is 0 Å². The van der Waals surface area contributed by atoms with Crippen LogP contribution in [0.4, 0.5) is 0 Å². The highest BCUT2D eigenvalue weighted by Gasteiger charge is 2.30. The van der Waals surface area contributed by atoms with Crippen LogP contribution in [0.3, 0.4) is 0 Å². The summed E-state index contributed by atoms with van der Waals surface area (Å²) < 4.78 is 54.6. The Morgan fingerprint density at radius 1 is 1.04 bits per heavy atom. The van der Waals surface area contributed by atoms with Crippen molar-refractivity contribution in [2.24, 2.45) is 5.92 Å². The quantitative estimate of drug-likeness (QED) is 0.764. The van der Waals surface area contributed by atoms with Gasteiger partial charge in [0.1, 0.15) is 0 Å². The van der Waals surface area contributed by atoms with Crippen LogP contribution < -0.4 is 4.72 Å². The summed E-state index contributed by atoms with van der Waals surface area (Å²) >= 11 is 0. The first-order valence-electron chi connectivity index (χ1n) is 9.12. The van der Waals surface area contributed by atoms with Crippen molar-refractivity contribution < 1.29 is 16.8 Å². The van der Waals surface area contributed by atoms with Crippen molar-refractivity contribution in [3.8, 4) is 0 Å². The van der Waals surface area contributed by atoms with Gasteiger partial charge in [0.05, 0.1) is 4.90 Å². The summed E-state index contributed by atoms with van der Waals surface area (Å²) in [6, 6.07) is 6.96. The van der Waals surface area contributed by atoms with Crippen molar-refractivity contribution >= 4 is 20.2 Å². The predicted octanol–water partition coefficient (Wildman–Crippen LogP) is 1.78. The molecule has 0 spiro atoms. The lowest BCUT2D eigenvalue weighted by Gasteiger charge is -2.32. The second-order valence-electron chi connectivity index (χ2n) is 8.26. The minimum atomic E-state index is -3.57. The van der Waals surface area contributed by atoms with Gasteiger partial charge in [0, 0.05) is 33.7 Å². The zero-order chi connectivity index (χ0) is 20.5. The first kappa shape index (κ1) is 22.3. The van der Waals surface area contributed by atoms with Crippen molar-refractivity contribution in [3.05, 3.63) is 29.8 Å². The van der Waals surface area contributed by atoms with E-state index in [1.165, 1.54) is 22.7 Å². The van der Waals surface area contributed by atoms with E-state index in [0.717, 1.165) is 5.56 Å². The number of rotatable bonds is 6. The minimum Gasteiger partial charge on any atom is -0.211 e. The average molecular weight is 418 g/mol. The van der Waals surface area contributed by atoms with E-state index in [1.54, 1.807) is 12.1 Å². The van der Waals surface area contributed by atoms with Crippen molar-refractivity contribution in [1.29, 1.82) is 0 Å². The summed E-state index contributed by atoms with van der Waals surface area (Å²) in [5.74, 6) is 0.127. The van der Waals surface area contributed by atoms with E-state index in [4.69, 9.17) is 0 Å². The molecule has 0 amide bonds. The van der Waals surface area contributed by atoms with E-state index in [0.29, 0.717) is 32.5 Å². The van der Waals surface area contributed by atoms with Crippen LogP contribution in [0.2, 0.25) is 0 Å². The maximum Gasteiger partial charge on any atom is 0.281 e. The highest BCUT2D eigenvalue weighted by atomic mass is 32.2. The number of benzene rings is 1. The normalized spacial score (nSPS) is 18.1. The first-order valence-corrected chi connectivity index (χ1v) is 12.0. The molecule has 0 aromatic heterocycles. The molecular weight excluding hydrogens is 386 g/mol. The van der Waals surface area contributed by atoms with Crippen LogP contribution in [0.5, 0.6) is 0 Å². The highest BCUT2D eigenvalue weighted by Crippen LogP contribution is 2.24. The van der Waals surface area contributed by atoms with E-state index < -0.39 is 20.2 Å². The van der Waals surface area contributed by atoms with Crippen molar-refractivity contribution in [3.63, 3.8) is 0 Å². The van der Waals surface area contributed by atoms with E-state index in [-0.39, 0.29) is 16.2 Å². The molecule has 0 atom stereocenters. The Balaban J connectivity index is 1.93. The van der Waals surface area contributed by atoms with Gasteiger partial charge in [-0.25, -0.2) is 13.1 Å². The maximum absolute atomic E-state index is 12.5. The van der Waals surface area contributed by atoms with Crippen LogP contribution in [0.25, 0.3) is 0 Å². The number of piperidine rings is 1. The van der Waals surface area contributed by atoms with Crippen LogP contribution in [0.1, 0.15) is 39.2 Å². The maximum atomic E-state index is 12.5. The fourth-order valence-electron chi connectivity index (χ4n) is 3.02. The molecule has 0 aliphatic carbocycles. The molecule has 1 heterocycles. The van der Waals surface area contributed by atoms with E-state index in [1.807, 2.05) is 12.1 Å². The fraction of sp³-hybridized carbons (Fsp3) is 0.667. The van der Waals surface area contributed by atoms with E-state index >= 15 is 0 Å². The van der Waals surface area contributed by atoms with Gasteiger partial charge < -0.3 is 0 Å². The van der Waals surface area contributed by atoms with Gasteiger partial charge in [-0.1, -0.05) is 32.9 Å². The van der Waals surface area contributed by atoms with Crippen molar-refractivity contribution in [2.45, 2.75) is 43.9 Å². The Morgan fingerprint density at radius 3 is 2.00 bits per heavy atom. The zero-order valence-corrected chi connectivity index (χ0v) is 18.4. The summed E-state index contributed by atoms with van der Waals surface area (Å²) in [6.45, 7) is 7.38. The molecule has 154 valence electrons. The summed E-state index contributed by atoms with van der Waals surface area (Å²) in [7, 11) is -3.94. The largest absolute Gasteiger partial charge is 0.281 e. The third kappa shape index (κ3) is 5.51. The number of hydrogen-bond donors (Lipinski definition) is 1. The summed E-state index contributed by atoms with van der Waals surface area (Å²) in [5, 5.41) is 0. The van der Waals surface area contributed by atoms with Gasteiger partial charge in [0.25, 0.3) is 10.2 Å². The van der Waals surface area contributed by atoms with Gasteiger partial charge in [0.2, 0.25) is 10.0 Å². The van der Waals surface area contributed by atoms with Gasteiger partial charge >= 0.3 is 0 Å². The molecule has 27 heavy (non-hydrogen) atoms. The Bertz CT molecular complexity index is 834. The lowest BCUT2D eigenvalue weighted by molar-refractivity contribution is 0.263. The topological polar surface area (TPSA) is 86.8 Å². The molecule has 7 nitrogen and oxygen atoms in total. The molecular formula is C18H31N3O4S2. The van der Waals surface area contributed by atoms with Gasteiger partial charge in [0.15, 0.2) is 0 Å². The summed E-state index contributed by atoms with van der Waals surface area (Å²) in [5.41, 5.74) is 1.05. The monoisotopic (exact) mass is 417 g/mol. The molecule has 1 saturated heterocycles. The molecule has 0 radical (unpaired) electrons. The molecule has 1 aliphatic heterocycles. The van der Waals surface area contributed by atoms with Gasteiger partial charge in [-0.2, -0.15) is 17.0 Å². The average Bonchev–Trinajstić information content (AvgIpc) is 2.59. The Kier molecular flexibility index (Phi) is 6.74. The smallest absolute Gasteiger partial charge is 0.211 e. The molecule has 1 aliphatic rings. The highest BCUT2D eigenvalue weighted by molar-refractivity contribution is 7.89. The van der Waals surface area contributed by atoms with Crippen LogP contribution in [-0.2, 0) is 25.6 Å². The third-order valence-electron chi connectivity index (χ3n) is 4.95. The lowest BCUT2D eigenvalue weighted by Crippen LogP contribution is -2.45. The van der Waals surface area contributed by atoms with Crippen LogP contribution >= 0.6 is 0 Å². The van der Waals surface area contributed by atoms with Gasteiger partial charge in [-0.3, -0.25) is 0 Å². The molecule has 1 N–H and O–H groups in total. The van der Waals surface area contributed by atoms with Crippen LogP contribution in [0, 0.1) is 5.92 Å². The number of sulfonamides is 1. The molecule has 0 saturated carbocycles. The van der Waals surface area contributed by atoms with E-state index in [2.05, 4.69) is 25.5 Å². The van der Waals surface area contributed by atoms with Crippen LogP contribution in [-0.4, -0.2) is 59.2 Å². The van der Waals surface area contributed by atoms with Crippen LogP contribution in [0.15, 0.2) is 29.2 Å². The first-order chi connectivity index (χ1) is 12.3. The second-order valence-corrected chi connectivity index (χ2v) is 12.2. The Hall–Kier alpha value is -1.00. The minimum absolute atomic E-state index is 0.0312. The Labute approximate surface area is 164 Å². The molecule has 1 aromatic rings. The third-order valence-corrected chi connectivity index (χ3v) is 8.33. The van der Waals surface area contributed by atoms with Crippen molar-refractivity contribution in [2.75, 3.05) is 33.7 Å². The number of nitrogens with one attached hydrogen (secondary N) is 1. The standard InChI is InChI=1S/C18H31N3O4S2/c1-18(2,3)16-6-8-17(9-7-16)26(22,23)19-14-15-10-12-21(13-11-15)27(24,25)20(4)5/h6-9,15,19H,10-14H2,1-5H3. The molecule has 2 rings (SSSR count). The molecule has 1 fully saturated rings. The lowest BCUT2D eigenvalue weighted by atomic mass is 9.87. The zero-order valence-electron chi connectivity index (χ0n) is 16.8. The molecule has 0 unspecified atom stereocenters. The number of nitrogens with zero attached hydrogens (tertiary/aromatic N) is 2. The van der Waals surface area contributed by atoms with Gasteiger partial charge in [-0.05, 0) is 41.9 Å². The molecule has 9 heteroatoms. The summed E-state index contributed by atoms with van der Waals surface area (Å²) in [4.78, 5) is 0.253. The molecule has 1 aromatic carbocycles. The fourth-order valence-corrected chi connectivity index (χ4v) is 5.27. The number of hydrogen-bond acceptors (Lipinski definition) is 4. The SMILES string of the molecule is CN(C)S(=O)(=O)N1CCC(CNS(=O)(=O)c2ccc(C(C)(C)C)cc2)CC1. The van der Waals surface area contributed by atoms with E-state index in [9.17, 15) is 16.8 Å².